The number of furan rings is 1. The number of hydrogen-bond acceptors (Lipinski definition) is 3. The summed E-state index contributed by atoms with van der Waals surface area (Å²) in [5.41, 5.74) is 3.71. The molecule has 1 aliphatic rings. The van der Waals surface area contributed by atoms with E-state index in [1.807, 2.05) is 0 Å². The summed E-state index contributed by atoms with van der Waals surface area (Å²) >= 11 is 5.17. The molecule has 0 N–H and O–H groups in total. The Hall–Kier alpha value is -0.580. The maximum atomic E-state index is 5.57. The quantitative estimate of drug-likeness (QED) is 0.796. The van der Waals surface area contributed by atoms with Gasteiger partial charge in [0, 0.05) is 17.0 Å². The highest BCUT2D eigenvalue weighted by Gasteiger charge is 2.27. The maximum absolute atomic E-state index is 5.57. The van der Waals surface area contributed by atoms with Crippen molar-refractivity contribution in [3.63, 3.8) is 0 Å². The van der Waals surface area contributed by atoms with Crippen molar-refractivity contribution in [2.24, 2.45) is 0 Å². The monoisotopic (exact) mass is 284 g/mol. The van der Waals surface area contributed by atoms with E-state index < -0.39 is 0 Å². The molecule has 0 amide bonds. The van der Waals surface area contributed by atoms with Gasteiger partial charge in [-0.2, -0.15) is 11.3 Å². The van der Waals surface area contributed by atoms with Crippen LogP contribution in [0.1, 0.15) is 22.6 Å². The van der Waals surface area contributed by atoms with Crippen LogP contribution in [-0.2, 0) is 11.3 Å². The van der Waals surface area contributed by atoms with Crippen molar-refractivity contribution in [2.45, 2.75) is 12.5 Å². The molecule has 3 heterocycles. The summed E-state index contributed by atoms with van der Waals surface area (Å²) in [7, 11) is 0. The predicted octanol–water partition coefficient (Wildman–Crippen LogP) is 3.77. The lowest BCUT2D eigenvalue weighted by Crippen LogP contribution is -2.16. The Morgan fingerprint density at radius 3 is 3.20 bits per heavy atom. The Labute approximate surface area is 100.0 Å². The standard InChI is InChI=1S/C11H9BrO2S/c12-11-10-8(4-14-11)3-13-5-9(10)7-1-2-15-6-7/h1-2,4,6,9H,3,5H2. The van der Waals surface area contributed by atoms with Crippen LogP contribution >= 0.6 is 27.3 Å². The van der Waals surface area contributed by atoms with Crippen LogP contribution in [0.5, 0.6) is 0 Å². The molecule has 0 saturated heterocycles. The molecule has 3 rings (SSSR count). The zero-order valence-corrected chi connectivity index (χ0v) is 10.3. The highest BCUT2D eigenvalue weighted by molar-refractivity contribution is 9.10. The second-order valence-corrected chi connectivity index (χ2v) is 5.07. The molecule has 4 heteroatoms. The summed E-state index contributed by atoms with van der Waals surface area (Å²) in [5.74, 6) is 0.313. The van der Waals surface area contributed by atoms with Gasteiger partial charge in [-0.25, -0.2) is 0 Å². The van der Waals surface area contributed by atoms with Crippen LogP contribution in [0.3, 0.4) is 0 Å². The third-order valence-electron chi connectivity index (χ3n) is 2.70. The van der Waals surface area contributed by atoms with Crippen LogP contribution in [0.25, 0.3) is 0 Å². The number of halogens is 1. The molecule has 15 heavy (non-hydrogen) atoms. The Morgan fingerprint density at radius 1 is 1.47 bits per heavy atom. The van der Waals surface area contributed by atoms with Gasteiger partial charge in [0.05, 0.1) is 19.5 Å². The van der Waals surface area contributed by atoms with Crippen molar-refractivity contribution in [3.8, 4) is 0 Å². The van der Waals surface area contributed by atoms with E-state index in [0.717, 1.165) is 16.8 Å². The molecule has 1 atom stereocenters. The van der Waals surface area contributed by atoms with Crippen molar-refractivity contribution in [2.75, 3.05) is 6.61 Å². The van der Waals surface area contributed by atoms with Crippen LogP contribution in [0.15, 0.2) is 32.2 Å². The SMILES string of the molecule is Brc1occ2c1C(c1ccsc1)COC2. The molecule has 0 radical (unpaired) electrons. The molecule has 2 aromatic heterocycles. The number of rotatable bonds is 1. The van der Waals surface area contributed by atoms with Crippen LogP contribution in [0.4, 0.5) is 0 Å². The topological polar surface area (TPSA) is 22.4 Å². The molecule has 2 nitrogen and oxygen atoms in total. The third kappa shape index (κ3) is 1.57. The highest BCUT2D eigenvalue weighted by Crippen LogP contribution is 2.38. The molecular weight excluding hydrogens is 276 g/mol. The van der Waals surface area contributed by atoms with E-state index in [1.165, 1.54) is 11.1 Å². The highest BCUT2D eigenvalue weighted by atomic mass is 79.9. The summed E-state index contributed by atoms with van der Waals surface area (Å²) < 4.78 is 11.8. The van der Waals surface area contributed by atoms with Gasteiger partial charge < -0.3 is 9.15 Å². The average molecular weight is 285 g/mol. The summed E-state index contributed by atoms with van der Waals surface area (Å²) in [6.45, 7) is 1.40. The van der Waals surface area contributed by atoms with E-state index in [-0.39, 0.29) is 0 Å². The van der Waals surface area contributed by atoms with Crippen molar-refractivity contribution >= 4 is 27.3 Å². The molecule has 1 unspecified atom stereocenters. The van der Waals surface area contributed by atoms with Crippen LogP contribution < -0.4 is 0 Å². The molecule has 0 spiro atoms. The van der Waals surface area contributed by atoms with Crippen LogP contribution in [0, 0.1) is 0 Å². The van der Waals surface area contributed by atoms with Crippen molar-refractivity contribution in [1.82, 2.24) is 0 Å². The Morgan fingerprint density at radius 2 is 2.40 bits per heavy atom. The van der Waals surface area contributed by atoms with E-state index >= 15 is 0 Å². The van der Waals surface area contributed by atoms with Crippen LogP contribution in [-0.4, -0.2) is 6.61 Å². The van der Waals surface area contributed by atoms with Gasteiger partial charge in [0.15, 0.2) is 4.67 Å². The van der Waals surface area contributed by atoms with Gasteiger partial charge in [-0.15, -0.1) is 0 Å². The largest absolute Gasteiger partial charge is 0.457 e. The predicted molar refractivity (Wildman–Crippen MR) is 62.2 cm³/mol. The Kier molecular flexibility index (Phi) is 2.42. The lowest BCUT2D eigenvalue weighted by atomic mass is 9.92. The van der Waals surface area contributed by atoms with Gasteiger partial charge in [0.25, 0.3) is 0 Å². The fraction of sp³-hybridized carbons (Fsp3) is 0.273. The number of fused-ring (bicyclic) bond motifs is 1. The molecule has 0 aliphatic carbocycles. The van der Waals surface area contributed by atoms with E-state index in [9.17, 15) is 0 Å². The number of hydrogen-bond donors (Lipinski definition) is 0. The van der Waals surface area contributed by atoms with Crippen LogP contribution in [0.2, 0.25) is 0 Å². The average Bonchev–Trinajstić information content (AvgIpc) is 2.88. The number of thiophene rings is 1. The molecule has 0 bridgehead atoms. The van der Waals surface area contributed by atoms with E-state index in [1.54, 1.807) is 17.6 Å². The minimum atomic E-state index is 0.313. The first-order valence-electron chi connectivity index (χ1n) is 4.72. The van der Waals surface area contributed by atoms with E-state index in [0.29, 0.717) is 12.5 Å². The van der Waals surface area contributed by atoms with E-state index in [4.69, 9.17) is 9.15 Å². The molecule has 0 fully saturated rings. The second-order valence-electron chi connectivity index (χ2n) is 3.57. The molecule has 0 aromatic carbocycles. The van der Waals surface area contributed by atoms with Gasteiger partial charge in [-0.1, -0.05) is 0 Å². The maximum Gasteiger partial charge on any atom is 0.173 e. The van der Waals surface area contributed by atoms with Gasteiger partial charge in [0.1, 0.15) is 0 Å². The summed E-state index contributed by atoms with van der Waals surface area (Å²) in [5, 5.41) is 4.26. The second kappa shape index (κ2) is 3.77. The van der Waals surface area contributed by atoms with Gasteiger partial charge >= 0.3 is 0 Å². The third-order valence-corrected chi connectivity index (χ3v) is 4.01. The van der Waals surface area contributed by atoms with E-state index in [2.05, 4.69) is 32.8 Å². The molecule has 2 aromatic rings. The normalized spacial score (nSPS) is 20.2. The van der Waals surface area contributed by atoms with Gasteiger partial charge in [-0.3, -0.25) is 0 Å². The van der Waals surface area contributed by atoms with Gasteiger partial charge in [0.2, 0.25) is 0 Å². The first-order valence-corrected chi connectivity index (χ1v) is 6.45. The van der Waals surface area contributed by atoms with Crippen molar-refractivity contribution in [1.29, 1.82) is 0 Å². The first-order chi connectivity index (χ1) is 7.36. The molecular formula is C11H9BrO2S. The van der Waals surface area contributed by atoms with Crippen molar-refractivity contribution < 1.29 is 9.15 Å². The Balaban J connectivity index is 2.09. The summed E-state index contributed by atoms with van der Waals surface area (Å²) in [4.78, 5) is 0. The minimum Gasteiger partial charge on any atom is -0.457 e. The Bertz CT molecular complexity index is 461. The zero-order valence-electron chi connectivity index (χ0n) is 7.90. The first kappa shape index (κ1) is 9.63. The van der Waals surface area contributed by atoms with Crippen molar-refractivity contribution in [3.05, 3.63) is 44.4 Å². The fourth-order valence-corrected chi connectivity index (χ4v) is 3.29. The lowest BCUT2D eigenvalue weighted by molar-refractivity contribution is 0.0998. The minimum absolute atomic E-state index is 0.313. The fourth-order valence-electron chi connectivity index (χ4n) is 1.95. The molecule has 78 valence electrons. The lowest BCUT2D eigenvalue weighted by Gasteiger charge is -2.21. The van der Waals surface area contributed by atoms with Gasteiger partial charge in [-0.05, 0) is 38.3 Å². The number of ether oxygens (including phenoxy) is 1. The molecule has 0 saturated carbocycles. The summed E-state index contributed by atoms with van der Waals surface area (Å²) in [6.07, 6.45) is 1.78. The zero-order chi connectivity index (χ0) is 10.3. The summed E-state index contributed by atoms with van der Waals surface area (Å²) in [6, 6.07) is 2.15. The molecule has 1 aliphatic heterocycles. The smallest absolute Gasteiger partial charge is 0.173 e.